The number of carbonyl (C=O) groups is 1. The fourth-order valence-corrected chi connectivity index (χ4v) is 3.11. The van der Waals surface area contributed by atoms with Crippen molar-refractivity contribution in [2.75, 3.05) is 19.6 Å². The molecule has 4 nitrogen and oxygen atoms in total. The highest BCUT2D eigenvalue weighted by atomic mass is 35.5. The average Bonchev–Trinajstić information content (AvgIpc) is 2.94. The number of nitrogens with one attached hydrogen (secondary N) is 3. The van der Waals surface area contributed by atoms with Crippen molar-refractivity contribution in [3.8, 4) is 10.4 Å². The van der Waals surface area contributed by atoms with E-state index in [4.69, 9.17) is 11.6 Å². The van der Waals surface area contributed by atoms with Crippen molar-refractivity contribution in [1.29, 1.82) is 0 Å². The molecule has 1 saturated heterocycles. The molecule has 1 fully saturated rings. The normalized spacial score (nSPS) is 14.4. The van der Waals surface area contributed by atoms with Gasteiger partial charge in [-0.05, 0) is 12.1 Å². The van der Waals surface area contributed by atoms with Crippen LogP contribution in [0, 0.1) is 5.92 Å². The van der Waals surface area contributed by atoms with E-state index in [0.29, 0.717) is 11.5 Å². The number of thiophene rings is 1. The molecular formula is C13H15Cl2N3OS. The highest BCUT2D eigenvalue weighted by Crippen LogP contribution is 2.32. The van der Waals surface area contributed by atoms with E-state index in [-0.39, 0.29) is 18.3 Å². The van der Waals surface area contributed by atoms with Crippen molar-refractivity contribution in [3.05, 3.63) is 34.4 Å². The molecule has 3 rings (SSSR count). The van der Waals surface area contributed by atoms with Crippen molar-refractivity contribution in [2.45, 2.75) is 0 Å². The van der Waals surface area contributed by atoms with Gasteiger partial charge in [0.1, 0.15) is 0 Å². The van der Waals surface area contributed by atoms with Gasteiger partial charge in [0.2, 0.25) is 0 Å². The van der Waals surface area contributed by atoms with Crippen LogP contribution in [-0.2, 0) is 0 Å². The SMILES string of the molecule is Cl.O=C(NCC1CNC1)c1c[nH]cc1-c1ccc(Cl)s1. The summed E-state index contributed by atoms with van der Waals surface area (Å²) in [6.07, 6.45) is 3.57. The zero-order valence-corrected chi connectivity index (χ0v) is 13.0. The highest BCUT2D eigenvalue weighted by molar-refractivity contribution is 7.19. The van der Waals surface area contributed by atoms with E-state index in [1.807, 2.05) is 18.3 Å². The van der Waals surface area contributed by atoms with Crippen LogP contribution >= 0.6 is 35.3 Å². The Labute approximate surface area is 132 Å². The first-order valence-electron chi connectivity index (χ1n) is 6.15. The Hall–Kier alpha value is -1.01. The minimum absolute atomic E-state index is 0. The van der Waals surface area contributed by atoms with Crippen LogP contribution in [0.25, 0.3) is 10.4 Å². The molecular weight excluding hydrogens is 317 g/mol. The minimum atomic E-state index is -0.0346. The minimum Gasteiger partial charge on any atom is -0.366 e. The molecule has 0 atom stereocenters. The molecule has 1 aliphatic heterocycles. The maximum absolute atomic E-state index is 12.2. The fourth-order valence-electron chi connectivity index (χ4n) is 2.04. The lowest BCUT2D eigenvalue weighted by atomic mass is 10.0. The second kappa shape index (κ2) is 6.63. The maximum Gasteiger partial charge on any atom is 0.253 e. The molecule has 0 aliphatic carbocycles. The van der Waals surface area contributed by atoms with Crippen LogP contribution in [0.3, 0.4) is 0 Å². The van der Waals surface area contributed by atoms with Crippen molar-refractivity contribution in [1.82, 2.24) is 15.6 Å². The van der Waals surface area contributed by atoms with Gasteiger partial charge in [0.25, 0.3) is 5.91 Å². The zero-order valence-electron chi connectivity index (χ0n) is 10.6. The van der Waals surface area contributed by atoms with Crippen molar-refractivity contribution in [2.24, 2.45) is 5.92 Å². The Bertz CT molecular complexity index is 592. The summed E-state index contributed by atoms with van der Waals surface area (Å²) in [7, 11) is 0. The highest BCUT2D eigenvalue weighted by Gasteiger charge is 2.19. The summed E-state index contributed by atoms with van der Waals surface area (Å²) in [6, 6.07) is 3.78. The van der Waals surface area contributed by atoms with Gasteiger partial charge in [-0.15, -0.1) is 23.7 Å². The van der Waals surface area contributed by atoms with E-state index in [2.05, 4.69) is 15.6 Å². The molecule has 108 valence electrons. The van der Waals surface area contributed by atoms with E-state index in [9.17, 15) is 4.79 Å². The largest absolute Gasteiger partial charge is 0.366 e. The van der Waals surface area contributed by atoms with Gasteiger partial charge in [-0.1, -0.05) is 11.6 Å². The summed E-state index contributed by atoms with van der Waals surface area (Å²) < 4.78 is 0.725. The summed E-state index contributed by atoms with van der Waals surface area (Å²) in [6.45, 7) is 2.70. The molecule has 3 N–H and O–H groups in total. The van der Waals surface area contributed by atoms with Crippen molar-refractivity contribution >= 4 is 41.3 Å². The summed E-state index contributed by atoms with van der Waals surface area (Å²) in [4.78, 5) is 16.2. The lowest BCUT2D eigenvalue weighted by Gasteiger charge is -2.27. The fraction of sp³-hybridized carbons (Fsp3) is 0.308. The number of carbonyl (C=O) groups excluding carboxylic acids is 1. The van der Waals surface area contributed by atoms with Gasteiger partial charge in [-0.3, -0.25) is 4.79 Å². The Morgan fingerprint density at radius 3 is 2.80 bits per heavy atom. The summed E-state index contributed by atoms with van der Waals surface area (Å²) in [5.74, 6) is 0.523. The van der Waals surface area contributed by atoms with Gasteiger partial charge in [0.05, 0.1) is 9.90 Å². The molecule has 0 radical (unpaired) electrons. The van der Waals surface area contributed by atoms with Gasteiger partial charge in [-0.2, -0.15) is 0 Å². The second-order valence-electron chi connectivity index (χ2n) is 4.62. The van der Waals surface area contributed by atoms with E-state index in [1.165, 1.54) is 11.3 Å². The number of halogens is 2. The van der Waals surface area contributed by atoms with Crippen molar-refractivity contribution < 1.29 is 4.79 Å². The zero-order chi connectivity index (χ0) is 13.2. The predicted octanol–water partition coefficient (Wildman–Crippen LogP) is 2.77. The Morgan fingerprint density at radius 1 is 1.40 bits per heavy atom. The van der Waals surface area contributed by atoms with Crippen molar-refractivity contribution in [3.63, 3.8) is 0 Å². The Morgan fingerprint density at radius 2 is 2.20 bits per heavy atom. The van der Waals surface area contributed by atoms with Crippen LogP contribution in [0.2, 0.25) is 4.34 Å². The van der Waals surface area contributed by atoms with E-state index < -0.39 is 0 Å². The molecule has 2 aromatic heterocycles. The molecule has 2 aromatic rings. The molecule has 1 aliphatic rings. The first kappa shape index (κ1) is 15.4. The van der Waals surface area contributed by atoms with E-state index >= 15 is 0 Å². The number of aromatic nitrogens is 1. The van der Waals surface area contributed by atoms with Gasteiger partial charge < -0.3 is 15.6 Å². The average molecular weight is 332 g/mol. The van der Waals surface area contributed by atoms with Crippen LogP contribution in [0.1, 0.15) is 10.4 Å². The number of H-pyrrole nitrogens is 1. The molecule has 3 heterocycles. The molecule has 0 aromatic carbocycles. The van der Waals surface area contributed by atoms with Gasteiger partial charge in [0, 0.05) is 48.4 Å². The Balaban J connectivity index is 0.00000147. The smallest absolute Gasteiger partial charge is 0.253 e. The lowest BCUT2D eigenvalue weighted by molar-refractivity contribution is 0.0943. The van der Waals surface area contributed by atoms with Gasteiger partial charge >= 0.3 is 0 Å². The topological polar surface area (TPSA) is 56.9 Å². The molecule has 1 amide bonds. The van der Waals surface area contributed by atoms with Crippen LogP contribution in [0.15, 0.2) is 24.5 Å². The second-order valence-corrected chi connectivity index (χ2v) is 6.34. The van der Waals surface area contributed by atoms with Gasteiger partial charge in [-0.25, -0.2) is 0 Å². The third kappa shape index (κ3) is 3.17. The standard InChI is InChI=1S/C13H14ClN3OS.ClH/c14-12-2-1-11(19-12)9-6-16-7-10(9)13(18)17-5-8-3-15-4-8;/h1-2,6-8,15-16H,3-5H2,(H,17,18);1H. The molecule has 7 heteroatoms. The number of rotatable bonds is 4. The first-order chi connectivity index (χ1) is 9.24. The first-order valence-corrected chi connectivity index (χ1v) is 7.35. The quantitative estimate of drug-likeness (QED) is 0.806. The molecule has 0 unspecified atom stereocenters. The molecule has 0 saturated carbocycles. The molecule has 0 bridgehead atoms. The third-order valence-corrected chi connectivity index (χ3v) is 4.51. The number of hydrogen-bond acceptors (Lipinski definition) is 3. The van der Waals surface area contributed by atoms with Crippen LogP contribution < -0.4 is 10.6 Å². The summed E-state index contributed by atoms with van der Waals surface area (Å²) in [5.41, 5.74) is 1.58. The summed E-state index contributed by atoms with van der Waals surface area (Å²) >= 11 is 7.41. The summed E-state index contributed by atoms with van der Waals surface area (Å²) in [5, 5.41) is 6.17. The van der Waals surface area contributed by atoms with E-state index in [0.717, 1.165) is 34.4 Å². The predicted molar refractivity (Wildman–Crippen MR) is 85.1 cm³/mol. The monoisotopic (exact) mass is 331 g/mol. The van der Waals surface area contributed by atoms with Crippen LogP contribution in [0.5, 0.6) is 0 Å². The number of aromatic amines is 1. The number of hydrogen-bond donors (Lipinski definition) is 3. The third-order valence-electron chi connectivity index (χ3n) is 3.25. The van der Waals surface area contributed by atoms with Crippen LogP contribution in [-0.4, -0.2) is 30.5 Å². The Kier molecular flexibility index (Phi) is 5.10. The van der Waals surface area contributed by atoms with Crippen LogP contribution in [0.4, 0.5) is 0 Å². The van der Waals surface area contributed by atoms with Gasteiger partial charge in [0.15, 0.2) is 0 Å². The van der Waals surface area contributed by atoms with E-state index in [1.54, 1.807) is 6.20 Å². The number of amides is 1. The maximum atomic E-state index is 12.2. The molecule has 0 spiro atoms. The molecule has 20 heavy (non-hydrogen) atoms. The lowest BCUT2D eigenvalue weighted by Crippen LogP contribution is -2.48.